The number of aromatic nitrogens is 4. The molecule has 0 saturated heterocycles. The minimum absolute atomic E-state index is 0.00652. The van der Waals surface area contributed by atoms with Gasteiger partial charge in [-0.1, -0.05) is 34.9 Å². The number of aryl methyl sites for hydroxylation is 1. The lowest BCUT2D eigenvalue weighted by molar-refractivity contribution is 0.202. The summed E-state index contributed by atoms with van der Waals surface area (Å²) in [6, 6.07) is -3.16. The van der Waals surface area contributed by atoms with E-state index in [1.807, 2.05) is 4.72 Å². The molecule has 1 aromatic carbocycles. The molecule has 0 saturated carbocycles. The van der Waals surface area contributed by atoms with E-state index in [9.17, 15) is 8.42 Å². The van der Waals surface area contributed by atoms with Crippen molar-refractivity contribution in [3.8, 4) is 23.0 Å². The van der Waals surface area contributed by atoms with E-state index in [2.05, 4.69) is 40.6 Å². The lowest BCUT2D eigenvalue weighted by Crippen LogP contribution is -2.31. The van der Waals surface area contributed by atoms with E-state index in [0.29, 0.717) is 12.0 Å². The van der Waals surface area contributed by atoms with Crippen LogP contribution in [-0.2, 0) is 10.2 Å². The zero-order chi connectivity index (χ0) is 30.9. The van der Waals surface area contributed by atoms with Crippen LogP contribution in [0, 0.1) is 6.92 Å². The first-order chi connectivity index (χ1) is 18.9. The van der Waals surface area contributed by atoms with Crippen LogP contribution in [0.3, 0.4) is 0 Å². The predicted molar refractivity (Wildman–Crippen MR) is 124 cm³/mol. The van der Waals surface area contributed by atoms with Crippen molar-refractivity contribution in [2.45, 2.75) is 20.3 Å². The van der Waals surface area contributed by atoms with E-state index >= 15 is 0 Å². The van der Waals surface area contributed by atoms with E-state index in [1.54, 1.807) is 13.8 Å². The van der Waals surface area contributed by atoms with E-state index in [-0.39, 0.29) is 11.0 Å². The molecule has 10 nitrogen and oxygen atoms in total. The summed E-state index contributed by atoms with van der Waals surface area (Å²) in [6.45, 7) is -3.44. The number of benzene rings is 1. The Kier molecular flexibility index (Phi) is 5.00. The second-order valence-electron chi connectivity index (χ2n) is 5.99. The molecule has 0 spiro atoms. The van der Waals surface area contributed by atoms with E-state index in [1.165, 1.54) is 12.4 Å². The molecule has 170 valence electrons. The molecule has 3 rings (SSSR count). The number of ether oxygens (including phenoxy) is 2. The Morgan fingerprint density at radius 3 is 2.47 bits per heavy atom. The third-order valence-electron chi connectivity index (χ3n) is 3.47. The van der Waals surface area contributed by atoms with E-state index in [0.717, 1.165) is 0 Å². The van der Waals surface area contributed by atoms with Gasteiger partial charge in [0.25, 0.3) is 10.2 Å². The number of anilines is 1. The third-order valence-corrected chi connectivity index (χ3v) is 4.91. The summed E-state index contributed by atoms with van der Waals surface area (Å²) in [4.78, 5) is 14.9. The van der Waals surface area contributed by atoms with Gasteiger partial charge < -0.3 is 9.47 Å². The summed E-state index contributed by atoms with van der Waals surface area (Å²) < 4.78 is 114. The fourth-order valence-electron chi connectivity index (χ4n) is 2.10. The predicted octanol–water partition coefficient (Wildman–Crippen LogP) is 3.12. The van der Waals surface area contributed by atoms with Gasteiger partial charge in [0, 0.05) is 23.4 Å². The number of rotatable bonds is 11. The monoisotopic (exact) mass is 531 g/mol. The molecule has 3 aromatic rings. The van der Waals surface area contributed by atoms with Gasteiger partial charge in [0.2, 0.25) is 5.88 Å². The van der Waals surface area contributed by atoms with Crippen LogP contribution in [0.5, 0.6) is 11.9 Å². The molecule has 0 amide bonds. The smallest absolute Gasteiger partial charge is 0.316 e. The largest absolute Gasteiger partial charge is 0.473 e. The summed E-state index contributed by atoms with van der Waals surface area (Å²) in [5.74, 6) is -1.74. The number of nitrogens with one attached hydrogen (secondary N) is 2. The Hall–Kier alpha value is -2.83. The van der Waals surface area contributed by atoms with Gasteiger partial charge in [-0.05, 0) is 36.6 Å². The summed E-state index contributed by atoms with van der Waals surface area (Å²) in [7, 11) is -4.39. The molecule has 32 heavy (non-hydrogen) atoms. The highest BCUT2D eigenvalue weighted by molar-refractivity contribution is 9.10. The highest BCUT2D eigenvalue weighted by Gasteiger charge is 2.19. The van der Waals surface area contributed by atoms with Crippen molar-refractivity contribution in [3.05, 3.63) is 52.9 Å². The van der Waals surface area contributed by atoms with Crippen LogP contribution in [-0.4, -0.2) is 48.0 Å². The van der Waals surface area contributed by atoms with Crippen molar-refractivity contribution >= 4 is 32.0 Å². The molecule has 0 atom stereocenters. The Morgan fingerprint density at radius 2 is 1.78 bits per heavy atom. The standard InChI is InChI=1S/C20H23BrN6O4S/c1-3-8-26-32(28,29)27-18-17(15-4-6-16(21)7-5-15)19(25-13-24-18)30-9-10-31-20-22-11-14(2)12-23-20/h4-7,11-13,26H,3,8-10H2,1-2H3,(H,24,25,27)/i4D,5D,6D,7D,9D2,10D2,13D. The average Bonchev–Trinajstić information content (AvgIpc) is 2.87. The summed E-state index contributed by atoms with van der Waals surface area (Å²) >= 11 is 2.96. The van der Waals surface area contributed by atoms with Gasteiger partial charge in [0.15, 0.2) is 5.82 Å². The molecule has 2 aromatic heterocycles. The maximum absolute atomic E-state index is 12.7. The van der Waals surface area contributed by atoms with Crippen LogP contribution in [0.1, 0.15) is 31.2 Å². The maximum atomic E-state index is 12.7. The highest BCUT2D eigenvalue weighted by atomic mass is 79.9. The van der Waals surface area contributed by atoms with E-state index < -0.39 is 82.6 Å². The van der Waals surface area contributed by atoms with Gasteiger partial charge in [-0.2, -0.15) is 13.1 Å². The quantitative estimate of drug-likeness (QED) is 0.386. The Labute approximate surface area is 207 Å². The highest BCUT2D eigenvalue weighted by Crippen LogP contribution is 2.34. The van der Waals surface area contributed by atoms with Crippen molar-refractivity contribution in [3.63, 3.8) is 0 Å². The zero-order valence-corrected chi connectivity index (χ0v) is 19.2. The Bertz CT molecular complexity index is 1540. The molecule has 2 N–H and O–H groups in total. The van der Waals surface area contributed by atoms with Crippen LogP contribution in [0.4, 0.5) is 5.82 Å². The molecule has 0 aliphatic rings. The summed E-state index contributed by atoms with van der Waals surface area (Å²) in [5.41, 5.74) is -0.701. The van der Waals surface area contributed by atoms with Crippen molar-refractivity contribution < 1.29 is 30.2 Å². The average molecular weight is 532 g/mol. The maximum Gasteiger partial charge on any atom is 0.316 e. The third kappa shape index (κ3) is 6.84. The minimum atomic E-state index is -4.39. The van der Waals surface area contributed by atoms with Crippen molar-refractivity contribution in [1.29, 1.82) is 0 Å². The molecular formula is C20H23BrN6O4S. The van der Waals surface area contributed by atoms with Gasteiger partial charge in [0.1, 0.15) is 20.8 Å². The van der Waals surface area contributed by atoms with Crippen LogP contribution < -0.4 is 18.9 Å². The van der Waals surface area contributed by atoms with E-state index in [4.69, 9.17) is 21.8 Å². The SMILES string of the molecule is [2H]c1nc(NS(=O)(=O)NCCC)c(-c2c([2H])c([2H])c(Br)c([2H])c2[2H])c(OC([2H])([2H])C([2H])([2H])Oc2ncc(C)cn2)n1. The topological polar surface area (TPSA) is 128 Å². The Morgan fingerprint density at radius 1 is 1.09 bits per heavy atom. The van der Waals surface area contributed by atoms with Crippen LogP contribution in [0.25, 0.3) is 11.1 Å². The summed E-state index contributed by atoms with van der Waals surface area (Å²) in [6.07, 6.45) is 2.08. The lowest BCUT2D eigenvalue weighted by Gasteiger charge is -2.15. The fourth-order valence-corrected chi connectivity index (χ4v) is 3.24. The molecule has 0 unspecified atom stereocenters. The van der Waals surface area contributed by atoms with Crippen molar-refractivity contribution in [2.75, 3.05) is 24.4 Å². The van der Waals surface area contributed by atoms with Gasteiger partial charge >= 0.3 is 6.01 Å². The molecular weight excluding hydrogens is 500 g/mol. The first kappa shape index (κ1) is 14.3. The molecule has 2 heterocycles. The van der Waals surface area contributed by atoms with Gasteiger partial charge in [-0.15, -0.1) is 0 Å². The zero-order valence-electron chi connectivity index (χ0n) is 25.8. The number of nitrogens with zero attached hydrogens (tertiary/aromatic N) is 4. The van der Waals surface area contributed by atoms with Gasteiger partial charge in [-0.3, -0.25) is 4.72 Å². The van der Waals surface area contributed by atoms with Gasteiger partial charge in [-0.25, -0.2) is 19.9 Å². The molecule has 0 fully saturated rings. The Balaban J connectivity index is 2.25. The van der Waals surface area contributed by atoms with Crippen molar-refractivity contribution in [1.82, 2.24) is 24.7 Å². The normalized spacial score (nSPS) is 16.2. The summed E-state index contributed by atoms with van der Waals surface area (Å²) in [5, 5.41) is 0. The number of hydrogen-bond donors (Lipinski definition) is 2. The van der Waals surface area contributed by atoms with Crippen LogP contribution >= 0.6 is 15.9 Å². The molecule has 0 radical (unpaired) electrons. The second kappa shape index (κ2) is 11.2. The molecule has 0 aliphatic carbocycles. The van der Waals surface area contributed by atoms with Crippen molar-refractivity contribution in [2.24, 2.45) is 0 Å². The fraction of sp³-hybridized carbons (Fsp3) is 0.300. The lowest BCUT2D eigenvalue weighted by atomic mass is 10.1. The van der Waals surface area contributed by atoms with Gasteiger partial charge in [0.05, 0.1) is 16.5 Å². The molecule has 12 heteroatoms. The number of hydrogen-bond acceptors (Lipinski definition) is 8. The molecule has 0 aliphatic heterocycles. The van der Waals surface area contributed by atoms with Crippen LogP contribution in [0.15, 0.2) is 47.3 Å². The first-order valence-electron chi connectivity index (χ1n) is 13.5. The second-order valence-corrected chi connectivity index (χ2v) is 8.29. The van der Waals surface area contributed by atoms with Crippen LogP contribution in [0.2, 0.25) is 0 Å². The molecule has 0 bridgehead atoms. The minimum Gasteiger partial charge on any atom is -0.473 e. The number of halogens is 1. The first-order valence-corrected chi connectivity index (χ1v) is 11.3.